The maximum Gasteiger partial charge on any atom is 0.307 e. The quantitative estimate of drug-likeness (QED) is 0.666. The molecule has 0 aliphatic rings. The molecular formula is C12H19NOS. The van der Waals surface area contributed by atoms with Crippen molar-refractivity contribution in [3.8, 4) is 0 Å². The smallest absolute Gasteiger partial charge is 0.302 e. The van der Waals surface area contributed by atoms with Crippen LogP contribution in [0, 0.1) is 0 Å². The van der Waals surface area contributed by atoms with Gasteiger partial charge in [0.15, 0.2) is 0 Å². The lowest BCUT2D eigenvalue weighted by Crippen LogP contribution is -2.29. The second kappa shape index (κ2) is 7.23. The van der Waals surface area contributed by atoms with Crippen molar-refractivity contribution in [1.29, 1.82) is 0 Å². The highest BCUT2D eigenvalue weighted by Crippen LogP contribution is 1.76. The van der Waals surface area contributed by atoms with Gasteiger partial charge in [0.1, 0.15) is 0 Å². The van der Waals surface area contributed by atoms with E-state index >= 15 is 0 Å². The molecule has 0 saturated heterocycles. The Hall–Kier alpha value is -1.09. The molecule has 1 heterocycles. The van der Waals surface area contributed by atoms with Gasteiger partial charge < -0.3 is 4.57 Å². The molecule has 1 aromatic heterocycles. The fraction of sp³-hybridized carbons (Fsp3) is 0.417. The summed E-state index contributed by atoms with van der Waals surface area (Å²) >= 11 is 1.30. The van der Waals surface area contributed by atoms with Gasteiger partial charge in [-0.1, -0.05) is 36.5 Å². The van der Waals surface area contributed by atoms with E-state index in [1.807, 2.05) is 27.0 Å². The Morgan fingerprint density at radius 1 is 1.47 bits per heavy atom. The molecule has 15 heavy (non-hydrogen) atoms. The van der Waals surface area contributed by atoms with Gasteiger partial charge in [0, 0.05) is 7.05 Å². The number of nitrogens with zero attached hydrogens (tertiary/aromatic N) is 1. The molecule has 0 radical (unpaired) electrons. The second-order valence-electron chi connectivity index (χ2n) is 2.99. The van der Waals surface area contributed by atoms with Crippen LogP contribution in [0.1, 0.15) is 27.2 Å². The van der Waals surface area contributed by atoms with Crippen LogP contribution < -0.4 is 14.8 Å². The summed E-state index contributed by atoms with van der Waals surface area (Å²) in [7, 11) is 1.81. The highest BCUT2D eigenvalue weighted by Gasteiger charge is 1.95. The van der Waals surface area contributed by atoms with Gasteiger partial charge in [-0.25, -0.2) is 0 Å². The molecule has 1 aromatic rings. The first-order chi connectivity index (χ1) is 7.12. The monoisotopic (exact) mass is 225 g/mol. The fourth-order valence-corrected chi connectivity index (χ4v) is 1.98. The molecule has 0 bridgehead atoms. The normalized spacial score (nSPS) is 12.3. The Balaban J connectivity index is 0.000000583. The predicted octanol–water partition coefficient (Wildman–Crippen LogP) is 1.63. The van der Waals surface area contributed by atoms with Crippen molar-refractivity contribution >= 4 is 23.5 Å². The fourth-order valence-electron chi connectivity index (χ4n) is 1.12. The summed E-state index contributed by atoms with van der Waals surface area (Å²) in [5.74, 6) is 0. The zero-order chi connectivity index (χ0) is 11.8. The lowest BCUT2D eigenvalue weighted by molar-refractivity contribution is 0.854. The van der Waals surface area contributed by atoms with Gasteiger partial charge in [-0.3, -0.25) is 4.79 Å². The molecule has 0 atom stereocenters. The first-order valence-electron chi connectivity index (χ1n) is 5.01. The minimum atomic E-state index is 0.114. The third-order valence-corrected chi connectivity index (χ3v) is 2.86. The van der Waals surface area contributed by atoms with Crippen LogP contribution in [0.15, 0.2) is 17.4 Å². The van der Waals surface area contributed by atoms with E-state index in [4.69, 9.17) is 0 Å². The van der Waals surface area contributed by atoms with Crippen molar-refractivity contribution in [1.82, 2.24) is 4.57 Å². The number of rotatable bonds is 1. The van der Waals surface area contributed by atoms with Crippen LogP contribution >= 0.6 is 11.3 Å². The molecule has 0 aromatic carbocycles. The molecule has 0 fully saturated rings. The van der Waals surface area contributed by atoms with Crippen LogP contribution in [0.3, 0.4) is 0 Å². The van der Waals surface area contributed by atoms with E-state index < -0.39 is 0 Å². The highest BCUT2D eigenvalue weighted by molar-refractivity contribution is 7.07. The van der Waals surface area contributed by atoms with Gasteiger partial charge >= 0.3 is 4.87 Å². The summed E-state index contributed by atoms with van der Waals surface area (Å²) < 4.78 is 2.77. The summed E-state index contributed by atoms with van der Waals surface area (Å²) in [6, 6.07) is 0. The first kappa shape index (κ1) is 13.9. The Labute approximate surface area is 94.9 Å². The Bertz CT molecular complexity index is 465. The third-order valence-electron chi connectivity index (χ3n) is 1.74. The topological polar surface area (TPSA) is 22.0 Å². The molecule has 0 aliphatic carbocycles. The van der Waals surface area contributed by atoms with E-state index in [0.29, 0.717) is 0 Å². The Morgan fingerprint density at radius 3 is 2.40 bits per heavy atom. The van der Waals surface area contributed by atoms with Crippen molar-refractivity contribution < 1.29 is 0 Å². The Kier molecular flexibility index (Phi) is 6.71. The van der Waals surface area contributed by atoms with Gasteiger partial charge in [0.05, 0.1) is 9.88 Å². The van der Waals surface area contributed by atoms with Gasteiger partial charge in [-0.15, -0.1) is 6.58 Å². The molecule has 3 heteroatoms. The summed E-state index contributed by atoms with van der Waals surface area (Å²) in [6.07, 6.45) is 6.77. The largest absolute Gasteiger partial charge is 0.307 e. The lowest BCUT2D eigenvalue weighted by Gasteiger charge is -1.86. The van der Waals surface area contributed by atoms with Gasteiger partial charge in [-0.05, 0) is 20.3 Å². The molecule has 0 saturated carbocycles. The predicted molar refractivity (Wildman–Crippen MR) is 69.6 cm³/mol. The van der Waals surface area contributed by atoms with E-state index in [0.717, 1.165) is 16.3 Å². The maximum atomic E-state index is 11.2. The number of thiazole rings is 1. The van der Waals surface area contributed by atoms with Crippen LogP contribution in [-0.2, 0) is 7.05 Å². The van der Waals surface area contributed by atoms with E-state index in [-0.39, 0.29) is 4.87 Å². The van der Waals surface area contributed by atoms with Crippen LogP contribution in [0.4, 0.5) is 0 Å². The van der Waals surface area contributed by atoms with Crippen molar-refractivity contribution in [2.75, 3.05) is 0 Å². The zero-order valence-corrected chi connectivity index (χ0v) is 10.7. The summed E-state index contributed by atoms with van der Waals surface area (Å²) in [6.45, 7) is 9.28. The summed E-state index contributed by atoms with van der Waals surface area (Å²) in [5.41, 5.74) is 0. The maximum absolute atomic E-state index is 11.2. The summed E-state index contributed by atoms with van der Waals surface area (Å²) in [4.78, 5) is 11.3. The molecule has 84 valence electrons. The van der Waals surface area contributed by atoms with Crippen molar-refractivity contribution in [2.45, 2.75) is 27.2 Å². The molecule has 0 aliphatic heterocycles. The minimum absolute atomic E-state index is 0.114. The minimum Gasteiger partial charge on any atom is -0.302 e. The van der Waals surface area contributed by atoms with Crippen molar-refractivity contribution in [2.24, 2.45) is 7.05 Å². The number of hydrogen-bond donors (Lipinski definition) is 0. The first-order valence-corrected chi connectivity index (χ1v) is 5.83. The third kappa shape index (κ3) is 3.88. The average Bonchev–Trinajstić information content (AvgIpc) is 2.47. The van der Waals surface area contributed by atoms with Crippen LogP contribution in [0.2, 0.25) is 0 Å². The number of hydrogen-bond acceptors (Lipinski definition) is 2. The number of allylic oxidation sites excluding steroid dienone is 1. The zero-order valence-electron chi connectivity index (χ0n) is 9.91. The molecule has 0 amide bonds. The van der Waals surface area contributed by atoms with Crippen LogP contribution in [0.5, 0.6) is 0 Å². The molecule has 0 spiro atoms. The van der Waals surface area contributed by atoms with Gasteiger partial charge in [-0.2, -0.15) is 0 Å². The van der Waals surface area contributed by atoms with Crippen LogP contribution in [-0.4, -0.2) is 4.57 Å². The SMILES string of the molecule is C/C=c1/sc(=O)n(C)/c1=C/CC.C=CC. The molecule has 2 nitrogen and oxygen atoms in total. The molecule has 0 N–H and O–H groups in total. The highest BCUT2D eigenvalue weighted by atomic mass is 32.1. The van der Waals surface area contributed by atoms with Gasteiger partial charge in [0.2, 0.25) is 0 Å². The second-order valence-corrected chi connectivity index (χ2v) is 3.98. The number of aromatic nitrogens is 1. The van der Waals surface area contributed by atoms with Crippen molar-refractivity contribution in [3.05, 3.63) is 32.2 Å². The average molecular weight is 225 g/mol. The lowest BCUT2D eigenvalue weighted by atomic mass is 10.4. The van der Waals surface area contributed by atoms with Crippen molar-refractivity contribution in [3.63, 3.8) is 0 Å². The summed E-state index contributed by atoms with van der Waals surface area (Å²) in [5, 5.41) is 1.05. The van der Waals surface area contributed by atoms with E-state index in [1.165, 1.54) is 11.3 Å². The standard InChI is InChI=1S/C9H13NOS.C3H6/c1-4-6-7-8(5-2)12-9(11)10(7)3;1-3-2/h5-6H,4H2,1-3H3;3H,1H2,2H3/b7-6+,8-5+;. The van der Waals surface area contributed by atoms with Crippen LogP contribution in [0.25, 0.3) is 12.2 Å². The molecule has 0 unspecified atom stereocenters. The van der Waals surface area contributed by atoms with E-state index in [2.05, 4.69) is 19.6 Å². The van der Waals surface area contributed by atoms with Gasteiger partial charge in [0.25, 0.3) is 0 Å². The molecular weight excluding hydrogens is 206 g/mol. The van der Waals surface area contributed by atoms with E-state index in [1.54, 1.807) is 10.6 Å². The molecule has 1 rings (SSSR count). The Morgan fingerprint density at radius 2 is 2.00 bits per heavy atom. The van der Waals surface area contributed by atoms with E-state index in [9.17, 15) is 4.79 Å².